The molecule has 3 aromatic rings. The van der Waals surface area contributed by atoms with Gasteiger partial charge in [0.25, 0.3) is 0 Å². The van der Waals surface area contributed by atoms with Gasteiger partial charge in [0.1, 0.15) is 0 Å². The molecule has 0 radical (unpaired) electrons. The molecule has 2 aromatic heterocycles. The summed E-state index contributed by atoms with van der Waals surface area (Å²) in [6.07, 6.45) is 5.24. The van der Waals surface area contributed by atoms with E-state index in [1.54, 1.807) is 12.5 Å². The molecule has 0 saturated carbocycles. The monoisotopic (exact) mass is 221 g/mol. The third-order valence-electron chi connectivity index (χ3n) is 2.68. The van der Waals surface area contributed by atoms with Gasteiger partial charge in [0.2, 0.25) is 0 Å². The van der Waals surface area contributed by atoms with Gasteiger partial charge in [0.05, 0.1) is 18.2 Å². The van der Waals surface area contributed by atoms with Crippen molar-refractivity contribution in [1.29, 1.82) is 0 Å². The van der Waals surface area contributed by atoms with Crippen molar-refractivity contribution in [3.63, 3.8) is 0 Å². The van der Waals surface area contributed by atoms with Crippen LogP contribution in [0.2, 0.25) is 0 Å². The molecule has 0 aliphatic heterocycles. The molecule has 3 rings (SSSR count). The van der Waals surface area contributed by atoms with E-state index in [4.69, 9.17) is 4.42 Å². The SMILES string of the molecule is c1ccc(-c2cc(-c3ccoc3)ccn2)cc1. The lowest BCUT2D eigenvalue weighted by Crippen LogP contribution is -1.83. The highest BCUT2D eigenvalue weighted by Gasteiger charge is 2.02. The molecule has 82 valence electrons. The van der Waals surface area contributed by atoms with Gasteiger partial charge in [-0.2, -0.15) is 0 Å². The largest absolute Gasteiger partial charge is 0.472 e. The second kappa shape index (κ2) is 4.26. The average molecular weight is 221 g/mol. The van der Waals surface area contributed by atoms with E-state index < -0.39 is 0 Å². The molecular formula is C15H11NO. The van der Waals surface area contributed by atoms with Crippen molar-refractivity contribution in [3.05, 3.63) is 67.3 Å². The number of furan rings is 1. The van der Waals surface area contributed by atoms with Crippen LogP contribution >= 0.6 is 0 Å². The van der Waals surface area contributed by atoms with Gasteiger partial charge in [0.15, 0.2) is 0 Å². The maximum absolute atomic E-state index is 5.09. The molecule has 0 amide bonds. The second-order valence-corrected chi connectivity index (χ2v) is 3.81. The number of benzene rings is 1. The normalized spacial score (nSPS) is 10.4. The first-order chi connectivity index (χ1) is 8.43. The summed E-state index contributed by atoms with van der Waals surface area (Å²) in [5.74, 6) is 0. The number of pyridine rings is 1. The molecule has 0 N–H and O–H groups in total. The molecule has 0 fully saturated rings. The molecule has 1 aromatic carbocycles. The van der Waals surface area contributed by atoms with Crippen molar-refractivity contribution >= 4 is 0 Å². The molecular weight excluding hydrogens is 210 g/mol. The van der Waals surface area contributed by atoms with Gasteiger partial charge in [-0.25, -0.2) is 0 Å². The van der Waals surface area contributed by atoms with E-state index in [9.17, 15) is 0 Å². The van der Waals surface area contributed by atoms with Crippen LogP contribution in [0.4, 0.5) is 0 Å². The van der Waals surface area contributed by atoms with Crippen LogP contribution in [0.3, 0.4) is 0 Å². The maximum Gasteiger partial charge on any atom is 0.0980 e. The van der Waals surface area contributed by atoms with E-state index in [1.165, 1.54) is 0 Å². The third-order valence-corrected chi connectivity index (χ3v) is 2.68. The molecule has 0 aliphatic rings. The third kappa shape index (κ3) is 1.97. The summed E-state index contributed by atoms with van der Waals surface area (Å²) in [5, 5.41) is 0. The fourth-order valence-corrected chi connectivity index (χ4v) is 1.81. The number of aromatic nitrogens is 1. The van der Waals surface area contributed by atoms with E-state index in [2.05, 4.69) is 23.2 Å². The fourth-order valence-electron chi connectivity index (χ4n) is 1.81. The summed E-state index contributed by atoms with van der Waals surface area (Å²) >= 11 is 0. The second-order valence-electron chi connectivity index (χ2n) is 3.81. The van der Waals surface area contributed by atoms with E-state index >= 15 is 0 Å². The number of rotatable bonds is 2. The maximum atomic E-state index is 5.09. The number of hydrogen-bond donors (Lipinski definition) is 0. The van der Waals surface area contributed by atoms with Crippen molar-refractivity contribution < 1.29 is 4.42 Å². The molecule has 2 heterocycles. The summed E-state index contributed by atoms with van der Waals surface area (Å²) in [5.41, 5.74) is 4.29. The van der Waals surface area contributed by atoms with E-state index in [0.29, 0.717) is 0 Å². The molecule has 0 saturated heterocycles. The standard InChI is InChI=1S/C15H11NO/c1-2-4-12(5-3-1)15-10-13(6-8-16-15)14-7-9-17-11-14/h1-11H. The van der Waals surface area contributed by atoms with Gasteiger partial charge >= 0.3 is 0 Å². The minimum absolute atomic E-state index is 0.976. The Labute approximate surface area is 99.6 Å². The lowest BCUT2D eigenvalue weighted by atomic mass is 10.1. The predicted octanol–water partition coefficient (Wildman–Crippen LogP) is 4.01. The molecule has 17 heavy (non-hydrogen) atoms. The Balaban J connectivity index is 2.06. The Kier molecular flexibility index (Phi) is 2.47. The Morgan fingerprint density at radius 3 is 2.47 bits per heavy atom. The smallest absolute Gasteiger partial charge is 0.0980 e. The number of hydrogen-bond acceptors (Lipinski definition) is 2. The van der Waals surface area contributed by atoms with E-state index in [-0.39, 0.29) is 0 Å². The van der Waals surface area contributed by atoms with Gasteiger partial charge in [-0.15, -0.1) is 0 Å². The Hall–Kier alpha value is -2.35. The highest BCUT2D eigenvalue weighted by molar-refractivity contribution is 5.69. The molecule has 0 atom stereocenters. The Bertz CT molecular complexity index is 600. The predicted molar refractivity (Wildman–Crippen MR) is 67.4 cm³/mol. The Morgan fingerprint density at radius 2 is 1.71 bits per heavy atom. The highest BCUT2D eigenvalue weighted by atomic mass is 16.3. The average Bonchev–Trinajstić information content (AvgIpc) is 2.94. The quantitative estimate of drug-likeness (QED) is 0.653. The first-order valence-corrected chi connectivity index (χ1v) is 5.47. The zero-order valence-electron chi connectivity index (χ0n) is 9.21. The molecule has 0 aliphatic carbocycles. The Morgan fingerprint density at radius 1 is 0.824 bits per heavy atom. The summed E-state index contributed by atoms with van der Waals surface area (Å²) < 4.78 is 5.09. The first-order valence-electron chi connectivity index (χ1n) is 5.47. The van der Waals surface area contributed by atoms with Crippen LogP contribution in [0.1, 0.15) is 0 Å². The van der Waals surface area contributed by atoms with Gasteiger partial charge in [-0.3, -0.25) is 4.98 Å². The highest BCUT2D eigenvalue weighted by Crippen LogP contribution is 2.24. The van der Waals surface area contributed by atoms with Gasteiger partial charge in [0, 0.05) is 17.3 Å². The zero-order chi connectivity index (χ0) is 11.5. The molecule has 0 bridgehead atoms. The van der Waals surface area contributed by atoms with Crippen LogP contribution in [-0.4, -0.2) is 4.98 Å². The van der Waals surface area contributed by atoms with Gasteiger partial charge in [-0.1, -0.05) is 30.3 Å². The minimum Gasteiger partial charge on any atom is -0.472 e. The first kappa shape index (κ1) is 9.85. The number of nitrogens with zero attached hydrogens (tertiary/aromatic N) is 1. The topological polar surface area (TPSA) is 26.0 Å². The van der Waals surface area contributed by atoms with Crippen molar-refractivity contribution in [2.24, 2.45) is 0 Å². The van der Waals surface area contributed by atoms with Crippen LogP contribution in [0.5, 0.6) is 0 Å². The van der Waals surface area contributed by atoms with Crippen molar-refractivity contribution in [1.82, 2.24) is 4.98 Å². The van der Waals surface area contributed by atoms with Crippen LogP contribution in [0.25, 0.3) is 22.4 Å². The van der Waals surface area contributed by atoms with E-state index in [0.717, 1.165) is 22.4 Å². The van der Waals surface area contributed by atoms with Crippen LogP contribution in [0.15, 0.2) is 71.7 Å². The van der Waals surface area contributed by atoms with Crippen molar-refractivity contribution in [2.75, 3.05) is 0 Å². The van der Waals surface area contributed by atoms with Gasteiger partial charge in [-0.05, 0) is 23.8 Å². The van der Waals surface area contributed by atoms with Crippen LogP contribution in [-0.2, 0) is 0 Å². The molecule has 0 spiro atoms. The van der Waals surface area contributed by atoms with Crippen LogP contribution < -0.4 is 0 Å². The molecule has 2 nitrogen and oxygen atoms in total. The minimum atomic E-state index is 0.976. The molecule has 2 heteroatoms. The summed E-state index contributed by atoms with van der Waals surface area (Å²) in [6, 6.07) is 16.1. The van der Waals surface area contributed by atoms with E-state index in [1.807, 2.05) is 36.5 Å². The van der Waals surface area contributed by atoms with Crippen molar-refractivity contribution in [3.8, 4) is 22.4 Å². The van der Waals surface area contributed by atoms with Crippen molar-refractivity contribution in [2.45, 2.75) is 0 Å². The lowest BCUT2D eigenvalue weighted by Gasteiger charge is -2.02. The fraction of sp³-hybridized carbons (Fsp3) is 0. The van der Waals surface area contributed by atoms with Crippen LogP contribution in [0, 0.1) is 0 Å². The van der Waals surface area contributed by atoms with Gasteiger partial charge < -0.3 is 4.42 Å². The summed E-state index contributed by atoms with van der Waals surface area (Å²) in [6.45, 7) is 0. The summed E-state index contributed by atoms with van der Waals surface area (Å²) in [4.78, 5) is 4.39. The summed E-state index contributed by atoms with van der Waals surface area (Å²) in [7, 11) is 0. The molecule has 0 unspecified atom stereocenters. The zero-order valence-corrected chi connectivity index (χ0v) is 9.21. The lowest BCUT2D eigenvalue weighted by molar-refractivity contribution is 0.568.